The molecule has 0 spiro atoms. The Kier molecular flexibility index (Phi) is 2.56. The zero-order valence-corrected chi connectivity index (χ0v) is 8.97. The third-order valence-electron chi connectivity index (χ3n) is 2.22. The summed E-state index contributed by atoms with van der Waals surface area (Å²) in [4.78, 5) is 0. The molecule has 3 N–H and O–H groups in total. The summed E-state index contributed by atoms with van der Waals surface area (Å²) >= 11 is 3.44. The summed E-state index contributed by atoms with van der Waals surface area (Å²) in [5, 5.41) is 3.46. The van der Waals surface area contributed by atoms with E-state index in [0.29, 0.717) is 12.6 Å². The maximum absolute atomic E-state index is 5.65. The molecule has 0 aliphatic heterocycles. The van der Waals surface area contributed by atoms with Crippen LogP contribution in [-0.4, -0.2) is 6.04 Å². The van der Waals surface area contributed by atoms with Crippen LogP contribution in [-0.2, 0) is 6.54 Å². The first-order valence-electron chi connectivity index (χ1n) is 4.54. The van der Waals surface area contributed by atoms with Gasteiger partial charge in [-0.15, -0.1) is 0 Å². The molecule has 0 atom stereocenters. The van der Waals surface area contributed by atoms with Crippen molar-refractivity contribution in [3.63, 3.8) is 0 Å². The van der Waals surface area contributed by atoms with Gasteiger partial charge in [-0.3, -0.25) is 0 Å². The second kappa shape index (κ2) is 3.68. The molecule has 0 radical (unpaired) electrons. The van der Waals surface area contributed by atoms with E-state index >= 15 is 0 Å². The first kappa shape index (κ1) is 9.03. The average molecular weight is 241 g/mol. The third kappa shape index (κ3) is 2.23. The molecule has 1 aliphatic carbocycles. The highest BCUT2D eigenvalue weighted by atomic mass is 79.9. The van der Waals surface area contributed by atoms with Crippen LogP contribution in [0, 0.1) is 0 Å². The molecule has 0 saturated heterocycles. The van der Waals surface area contributed by atoms with E-state index in [1.165, 1.54) is 24.1 Å². The Bertz CT molecular complexity index is 308. The van der Waals surface area contributed by atoms with Gasteiger partial charge in [-0.25, -0.2) is 0 Å². The lowest BCUT2D eigenvalue weighted by Gasteiger charge is -2.09. The Labute approximate surface area is 86.6 Å². The van der Waals surface area contributed by atoms with E-state index in [1.54, 1.807) is 0 Å². The largest absolute Gasteiger partial charge is 0.382 e. The second-order valence-electron chi connectivity index (χ2n) is 3.42. The van der Waals surface area contributed by atoms with Crippen LogP contribution >= 0.6 is 15.9 Å². The van der Waals surface area contributed by atoms with E-state index < -0.39 is 0 Å². The van der Waals surface area contributed by atoms with Gasteiger partial charge in [0.05, 0.1) is 0 Å². The summed E-state index contributed by atoms with van der Waals surface area (Å²) in [7, 11) is 0. The van der Waals surface area contributed by atoms with Gasteiger partial charge >= 0.3 is 0 Å². The lowest BCUT2D eigenvalue weighted by molar-refractivity contribution is 1.05. The molecule has 0 bridgehead atoms. The van der Waals surface area contributed by atoms with Crippen molar-refractivity contribution < 1.29 is 0 Å². The lowest BCUT2D eigenvalue weighted by atomic mass is 10.2. The topological polar surface area (TPSA) is 38.0 Å². The maximum atomic E-state index is 5.65. The standard InChI is InChI=1S/C10H13BrN2/c11-8-1-4-10(7(5-8)6-12)13-9-2-3-9/h1,4-5,9,13H,2-3,6,12H2. The van der Waals surface area contributed by atoms with Crippen molar-refractivity contribution in [2.24, 2.45) is 5.73 Å². The highest BCUT2D eigenvalue weighted by Gasteiger charge is 2.21. The number of hydrogen-bond donors (Lipinski definition) is 2. The number of halogens is 1. The minimum atomic E-state index is 0.592. The van der Waals surface area contributed by atoms with Crippen molar-refractivity contribution in [1.29, 1.82) is 0 Å². The number of rotatable bonds is 3. The van der Waals surface area contributed by atoms with Crippen molar-refractivity contribution in [3.8, 4) is 0 Å². The summed E-state index contributed by atoms with van der Waals surface area (Å²) in [6.07, 6.45) is 2.58. The van der Waals surface area contributed by atoms with Crippen LogP contribution in [0.5, 0.6) is 0 Å². The van der Waals surface area contributed by atoms with E-state index in [-0.39, 0.29) is 0 Å². The normalized spacial score (nSPS) is 15.8. The van der Waals surface area contributed by atoms with Crippen molar-refractivity contribution in [2.45, 2.75) is 25.4 Å². The molecule has 0 amide bonds. The highest BCUT2D eigenvalue weighted by Crippen LogP contribution is 2.28. The molecule has 0 unspecified atom stereocenters. The monoisotopic (exact) mass is 240 g/mol. The first-order chi connectivity index (χ1) is 6.29. The Hall–Kier alpha value is -0.540. The van der Waals surface area contributed by atoms with Crippen LogP contribution in [0.15, 0.2) is 22.7 Å². The van der Waals surface area contributed by atoms with E-state index in [4.69, 9.17) is 5.73 Å². The predicted octanol–water partition coefficient (Wildman–Crippen LogP) is 2.48. The van der Waals surface area contributed by atoms with Crippen LogP contribution < -0.4 is 11.1 Å². The van der Waals surface area contributed by atoms with Crippen LogP contribution in [0.1, 0.15) is 18.4 Å². The van der Waals surface area contributed by atoms with Crippen molar-refractivity contribution >= 4 is 21.6 Å². The van der Waals surface area contributed by atoms with Crippen LogP contribution in [0.4, 0.5) is 5.69 Å². The van der Waals surface area contributed by atoms with Gasteiger partial charge in [0.1, 0.15) is 0 Å². The van der Waals surface area contributed by atoms with Crippen molar-refractivity contribution in [3.05, 3.63) is 28.2 Å². The van der Waals surface area contributed by atoms with E-state index in [2.05, 4.69) is 33.4 Å². The number of nitrogens with one attached hydrogen (secondary N) is 1. The first-order valence-corrected chi connectivity index (χ1v) is 5.34. The fourth-order valence-corrected chi connectivity index (χ4v) is 1.73. The Morgan fingerprint density at radius 2 is 2.23 bits per heavy atom. The molecule has 0 aromatic heterocycles. The van der Waals surface area contributed by atoms with Crippen LogP contribution in [0.2, 0.25) is 0 Å². The molecule has 1 aromatic carbocycles. The zero-order valence-electron chi connectivity index (χ0n) is 7.39. The molecule has 1 fully saturated rings. The third-order valence-corrected chi connectivity index (χ3v) is 2.72. The molecule has 1 aromatic rings. The van der Waals surface area contributed by atoms with E-state index in [1.807, 2.05) is 6.07 Å². The molecular weight excluding hydrogens is 228 g/mol. The van der Waals surface area contributed by atoms with Crippen molar-refractivity contribution in [2.75, 3.05) is 5.32 Å². The average Bonchev–Trinajstić information content (AvgIpc) is 2.92. The van der Waals surface area contributed by atoms with E-state index in [9.17, 15) is 0 Å². The van der Waals surface area contributed by atoms with Gasteiger partial charge in [-0.1, -0.05) is 15.9 Å². The molecular formula is C10H13BrN2. The smallest absolute Gasteiger partial charge is 0.0388 e. The maximum Gasteiger partial charge on any atom is 0.0388 e. The number of hydrogen-bond acceptors (Lipinski definition) is 2. The van der Waals surface area contributed by atoms with Gasteiger partial charge in [0.2, 0.25) is 0 Å². The summed E-state index contributed by atoms with van der Waals surface area (Å²) in [6.45, 7) is 0.592. The van der Waals surface area contributed by atoms with Gasteiger partial charge in [-0.05, 0) is 36.6 Å². The Morgan fingerprint density at radius 1 is 1.46 bits per heavy atom. The number of nitrogens with two attached hydrogens (primary N) is 1. The summed E-state index contributed by atoms with van der Waals surface area (Å²) < 4.78 is 1.09. The Morgan fingerprint density at radius 3 is 2.85 bits per heavy atom. The summed E-state index contributed by atoms with van der Waals surface area (Å²) in [5.74, 6) is 0. The minimum Gasteiger partial charge on any atom is -0.382 e. The van der Waals surface area contributed by atoms with Crippen LogP contribution in [0.3, 0.4) is 0 Å². The van der Waals surface area contributed by atoms with Crippen molar-refractivity contribution in [1.82, 2.24) is 0 Å². The molecule has 0 heterocycles. The molecule has 3 heteroatoms. The molecule has 2 rings (SSSR count). The van der Waals surface area contributed by atoms with Gasteiger partial charge in [0, 0.05) is 22.7 Å². The zero-order chi connectivity index (χ0) is 9.26. The highest BCUT2D eigenvalue weighted by molar-refractivity contribution is 9.10. The molecule has 1 saturated carbocycles. The molecule has 13 heavy (non-hydrogen) atoms. The van der Waals surface area contributed by atoms with Gasteiger partial charge in [0.25, 0.3) is 0 Å². The molecule has 2 nitrogen and oxygen atoms in total. The number of anilines is 1. The van der Waals surface area contributed by atoms with E-state index in [0.717, 1.165) is 4.47 Å². The molecule has 1 aliphatic rings. The summed E-state index contributed by atoms with van der Waals surface area (Å²) in [6, 6.07) is 6.89. The number of benzene rings is 1. The van der Waals surface area contributed by atoms with Gasteiger partial charge in [-0.2, -0.15) is 0 Å². The second-order valence-corrected chi connectivity index (χ2v) is 4.34. The summed E-state index contributed by atoms with van der Waals surface area (Å²) in [5.41, 5.74) is 8.02. The van der Waals surface area contributed by atoms with Crippen LogP contribution in [0.25, 0.3) is 0 Å². The SMILES string of the molecule is NCc1cc(Br)ccc1NC1CC1. The fraction of sp³-hybridized carbons (Fsp3) is 0.400. The Balaban J connectivity index is 2.21. The lowest BCUT2D eigenvalue weighted by Crippen LogP contribution is -2.06. The van der Waals surface area contributed by atoms with Gasteiger partial charge in [0.15, 0.2) is 0 Å². The predicted molar refractivity (Wildman–Crippen MR) is 58.7 cm³/mol. The van der Waals surface area contributed by atoms with Gasteiger partial charge < -0.3 is 11.1 Å². The fourth-order valence-electron chi connectivity index (χ4n) is 1.32. The molecule has 70 valence electrons. The quantitative estimate of drug-likeness (QED) is 0.853. The minimum absolute atomic E-state index is 0.592.